The number of nitrogens with zero attached hydrogens (tertiary/aromatic N) is 3. The van der Waals surface area contributed by atoms with Gasteiger partial charge in [0.1, 0.15) is 5.82 Å². The topological polar surface area (TPSA) is 58.1 Å². The van der Waals surface area contributed by atoms with Crippen LogP contribution >= 0.6 is 0 Å². The number of benzene rings is 2. The van der Waals surface area contributed by atoms with Crippen LogP contribution in [0.2, 0.25) is 0 Å². The van der Waals surface area contributed by atoms with Crippen molar-refractivity contribution in [2.45, 2.75) is 6.54 Å². The van der Waals surface area contributed by atoms with E-state index in [4.69, 9.17) is 0 Å². The van der Waals surface area contributed by atoms with Crippen LogP contribution < -0.4 is 5.32 Å². The van der Waals surface area contributed by atoms with Gasteiger partial charge in [-0.15, -0.1) is 10.2 Å². The van der Waals surface area contributed by atoms with E-state index in [1.54, 1.807) is 36.2 Å². The molecule has 5 nitrogen and oxygen atoms in total. The third-order valence-electron chi connectivity index (χ3n) is 3.61. The molecule has 0 fully saturated rings. The lowest BCUT2D eigenvalue weighted by Gasteiger charge is -2.16. The maximum absolute atomic E-state index is 12.9. The second kappa shape index (κ2) is 7.53. The van der Waals surface area contributed by atoms with E-state index in [0.717, 1.165) is 5.56 Å². The summed E-state index contributed by atoms with van der Waals surface area (Å²) in [6, 6.07) is 18.9. The summed E-state index contributed by atoms with van der Waals surface area (Å²) in [5, 5.41) is 11.0. The van der Waals surface area contributed by atoms with Crippen LogP contribution in [0.1, 0.15) is 16.1 Å². The molecule has 2 aromatic carbocycles. The van der Waals surface area contributed by atoms with Crippen molar-refractivity contribution in [1.82, 2.24) is 15.1 Å². The summed E-state index contributed by atoms with van der Waals surface area (Å²) in [6.07, 6.45) is 0. The van der Waals surface area contributed by atoms with Crippen LogP contribution in [0.25, 0.3) is 0 Å². The molecule has 0 saturated heterocycles. The Hall–Kier alpha value is -3.28. The maximum Gasteiger partial charge on any atom is 0.274 e. The predicted molar refractivity (Wildman–Crippen MR) is 94.0 cm³/mol. The van der Waals surface area contributed by atoms with Crippen molar-refractivity contribution in [3.05, 3.63) is 83.8 Å². The van der Waals surface area contributed by atoms with Crippen LogP contribution in [0.5, 0.6) is 0 Å². The fourth-order valence-corrected chi connectivity index (χ4v) is 2.32. The Balaban J connectivity index is 1.64. The van der Waals surface area contributed by atoms with Crippen molar-refractivity contribution in [3.63, 3.8) is 0 Å². The van der Waals surface area contributed by atoms with E-state index < -0.39 is 0 Å². The lowest BCUT2D eigenvalue weighted by molar-refractivity contribution is 0.0778. The summed E-state index contributed by atoms with van der Waals surface area (Å²) < 4.78 is 12.9. The molecule has 0 saturated carbocycles. The Bertz CT molecular complexity index is 836. The number of halogens is 1. The van der Waals surface area contributed by atoms with Gasteiger partial charge in [-0.2, -0.15) is 0 Å². The Morgan fingerprint density at radius 2 is 1.72 bits per heavy atom. The number of hydrogen-bond donors (Lipinski definition) is 1. The van der Waals surface area contributed by atoms with Crippen LogP contribution in [0, 0.1) is 5.82 Å². The molecule has 0 unspecified atom stereocenters. The largest absolute Gasteiger partial charge is 0.339 e. The minimum atomic E-state index is -0.306. The fraction of sp³-hybridized carbons (Fsp3) is 0.105. The Morgan fingerprint density at radius 1 is 1.00 bits per heavy atom. The van der Waals surface area contributed by atoms with Gasteiger partial charge in [0.2, 0.25) is 0 Å². The maximum atomic E-state index is 12.9. The monoisotopic (exact) mass is 336 g/mol. The molecular formula is C19H17FN4O. The van der Waals surface area contributed by atoms with E-state index in [1.807, 2.05) is 30.3 Å². The molecule has 0 aliphatic rings. The number of rotatable bonds is 5. The van der Waals surface area contributed by atoms with Crippen LogP contribution in [0.3, 0.4) is 0 Å². The van der Waals surface area contributed by atoms with Gasteiger partial charge in [-0.05, 0) is 42.0 Å². The highest BCUT2D eigenvalue weighted by Crippen LogP contribution is 2.15. The van der Waals surface area contributed by atoms with Gasteiger partial charge in [0.25, 0.3) is 5.91 Å². The summed E-state index contributed by atoms with van der Waals surface area (Å²) in [6.45, 7) is 0.497. The molecule has 1 aromatic heterocycles. The first kappa shape index (κ1) is 16.6. The summed E-state index contributed by atoms with van der Waals surface area (Å²) in [5.74, 6) is -0.0300. The fourth-order valence-electron chi connectivity index (χ4n) is 2.32. The van der Waals surface area contributed by atoms with Crippen molar-refractivity contribution in [3.8, 4) is 0 Å². The number of aromatic nitrogens is 2. The Kier molecular flexibility index (Phi) is 4.99. The van der Waals surface area contributed by atoms with Gasteiger partial charge in [-0.25, -0.2) is 4.39 Å². The molecule has 3 rings (SSSR count). The molecular weight excluding hydrogens is 319 g/mol. The van der Waals surface area contributed by atoms with Crippen molar-refractivity contribution in [1.29, 1.82) is 0 Å². The summed E-state index contributed by atoms with van der Waals surface area (Å²) in [5.41, 5.74) is 2.00. The molecule has 25 heavy (non-hydrogen) atoms. The number of amides is 1. The highest BCUT2D eigenvalue weighted by atomic mass is 19.1. The molecule has 0 aliphatic carbocycles. The van der Waals surface area contributed by atoms with E-state index in [2.05, 4.69) is 15.5 Å². The standard InChI is InChI=1S/C19H17FN4O/c1-24(13-14-5-3-2-4-6-14)19(25)17-11-12-18(23-22-17)21-16-9-7-15(20)8-10-16/h2-12H,13H2,1H3,(H,21,23). The number of carbonyl (C=O) groups excluding carboxylic acids is 1. The van der Waals surface area contributed by atoms with Gasteiger partial charge in [0.05, 0.1) is 0 Å². The van der Waals surface area contributed by atoms with Gasteiger partial charge in [0.15, 0.2) is 11.5 Å². The highest BCUT2D eigenvalue weighted by Gasteiger charge is 2.14. The molecule has 6 heteroatoms. The summed E-state index contributed by atoms with van der Waals surface area (Å²) >= 11 is 0. The van der Waals surface area contributed by atoms with E-state index in [0.29, 0.717) is 18.1 Å². The van der Waals surface area contributed by atoms with Crippen LogP contribution in [0.15, 0.2) is 66.7 Å². The third kappa shape index (κ3) is 4.38. The molecule has 0 radical (unpaired) electrons. The van der Waals surface area contributed by atoms with Gasteiger partial charge >= 0.3 is 0 Å². The lowest BCUT2D eigenvalue weighted by Crippen LogP contribution is -2.27. The average molecular weight is 336 g/mol. The zero-order valence-corrected chi connectivity index (χ0v) is 13.7. The minimum Gasteiger partial charge on any atom is -0.339 e. The van der Waals surface area contributed by atoms with Crippen LogP contribution in [0.4, 0.5) is 15.9 Å². The Morgan fingerprint density at radius 3 is 2.36 bits per heavy atom. The molecule has 1 N–H and O–H groups in total. The third-order valence-corrected chi connectivity index (χ3v) is 3.61. The molecule has 0 spiro atoms. The average Bonchev–Trinajstić information content (AvgIpc) is 2.64. The molecule has 1 amide bonds. The van der Waals surface area contributed by atoms with Crippen LogP contribution in [-0.2, 0) is 6.54 Å². The van der Waals surface area contributed by atoms with Gasteiger partial charge < -0.3 is 10.2 Å². The summed E-state index contributed by atoms with van der Waals surface area (Å²) in [7, 11) is 1.72. The number of nitrogens with one attached hydrogen (secondary N) is 1. The Labute approximate surface area is 145 Å². The molecule has 126 valence electrons. The van der Waals surface area contributed by atoms with Crippen molar-refractivity contribution < 1.29 is 9.18 Å². The highest BCUT2D eigenvalue weighted by molar-refractivity contribution is 5.92. The summed E-state index contributed by atoms with van der Waals surface area (Å²) in [4.78, 5) is 14.0. The van der Waals surface area contributed by atoms with Gasteiger partial charge in [-0.1, -0.05) is 30.3 Å². The SMILES string of the molecule is CN(Cc1ccccc1)C(=O)c1ccc(Nc2ccc(F)cc2)nn1. The first-order valence-electron chi connectivity index (χ1n) is 7.77. The second-order valence-corrected chi connectivity index (χ2v) is 5.58. The van der Waals surface area contributed by atoms with Crippen molar-refractivity contribution in [2.75, 3.05) is 12.4 Å². The van der Waals surface area contributed by atoms with E-state index in [1.165, 1.54) is 12.1 Å². The quantitative estimate of drug-likeness (QED) is 0.773. The lowest BCUT2D eigenvalue weighted by atomic mass is 10.2. The minimum absolute atomic E-state index is 0.204. The van der Waals surface area contributed by atoms with Crippen LogP contribution in [-0.4, -0.2) is 28.1 Å². The van der Waals surface area contributed by atoms with E-state index >= 15 is 0 Å². The smallest absolute Gasteiger partial charge is 0.274 e. The second-order valence-electron chi connectivity index (χ2n) is 5.58. The predicted octanol–water partition coefficient (Wildman–Crippen LogP) is 3.63. The van der Waals surface area contributed by atoms with Gasteiger partial charge in [0, 0.05) is 19.3 Å². The zero-order chi connectivity index (χ0) is 17.6. The molecule has 3 aromatic rings. The molecule has 0 aliphatic heterocycles. The molecule has 1 heterocycles. The number of hydrogen-bond acceptors (Lipinski definition) is 4. The number of carbonyl (C=O) groups is 1. The molecule has 0 bridgehead atoms. The normalized spacial score (nSPS) is 10.3. The van der Waals surface area contributed by atoms with E-state index in [-0.39, 0.29) is 17.4 Å². The zero-order valence-electron chi connectivity index (χ0n) is 13.7. The van der Waals surface area contributed by atoms with Crippen molar-refractivity contribution >= 4 is 17.4 Å². The molecule has 0 atom stereocenters. The first-order chi connectivity index (χ1) is 12.1. The van der Waals surface area contributed by atoms with Gasteiger partial charge in [-0.3, -0.25) is 4.79 Å². The van der Waals surface area contributed by atoms with Crippen molar-refractivity contribution in [2.24, 2.45) is 0 Å². The number of anilines is 2. The first-order valence-corrected chi connectivity index (χ1v) is 7.77. The van der Waals surface area contributed by atoms with E-state index in [9.17, 15) is 9.18 Å².